The molecule has 0 unspecified atom stereocenters. The summed E-state index contributed by atoms with van der Waals surface area (Å²) in [7, 11) is -1.45. The van der Waals surface area contributed by atoms with Gasteiger partial charge in [-0.15, -0.1) is 0 Å². The van der Waals surface area contributed by atoms with Crippen molar-refractivity contribution in [2.24, 2.45) is 12.2 Å². The molecule has 0 aliphatic rings. The zero-order valence-corrected chi connectivity index (χ0v) is 13.0. The number of primary sulfonamides is 1. The van der Waals surface area contributed by atoms with Crippen molar-refractivity contribution in [1.29, 1.82) is 0 Å². The highest BCUT2D eigenvalue weighted by Gasteiger charge is 2.09. The van der Waals surface area contributed by atoms with Gasteiger partial charge in [0.15, 0.2) is 0 Å². The number of nitrogens with two attached hydrogens (primary N) is 1. The summed E-state index contributed by atoms with van der Waals surface area (Å²) in [4.78, 5) is 4.22. The van der Waals surface area contributed by atoms with Crippen LogP contribution in [0.25, 0.3) is 22.2 Å². The van der Waals surface area contributed by atoms with E-state index in [-0.39, 0.29) is 5.75 Å². The molecule has 0 spiro atoms. The molecule has 0 amide bonds. The molecule has 0 bridgehead atoms. The fourth-order valence-corrected chi connectivity index (χ4v) is 3.11. The Morgan fingerprint density at radius 1 is 1.18 bits per heavy atom. The monoisotopic (exact) mass is 315 g/mol. The average Bonchev–Trinajstić information content (AvgIpc) is 2.83. The van der Waals surface area contributed by atoms with E-state index in [0.717, 1.165) is 27.7 Å². The van der Waals surface area contributed by atoms with Crippen molar-refractivity contribution < 1.29 is 8.42 Å². The molecular formula is C16H17N3O2S. The van der Waals surface area contributed by atoms with E-state index in [1.165, 1.54) is 0 Å². The molecule has 2 heterocycles. The number of rotatable bonds is 4. The molecule has 1 aromatic carbocycles. The Morgan fingerprint density at radius 2 is 1.95 bits per heavy atom. The van der Waals surface area contributed by atoms with Gasteiger partial charge in [0.25, 0.3) is 0 Å². The molecule has 2 aromatic heterocycles. The topological polar surface area (TPSA) is 78.0 Å². The third kappa shape index (κ3) is 3.03. The van der Waals surface area contributed by atoms with Gasteiger partial charge in [-0.3, -0.25) is 4.98 Å². The minimum atomic E-state index is -3.46. The molecule has 114 valence electrons. The highest BCUT2D eigenvalue weighted by Crippen LogP contribution is 2.27. The van der Waals surface area contributed by atoms with E-state index in [1.54, 1.807) is 12.4 Å². The lowest BCUT2D eigenvalue weighted by Gasteiger charge is -2.06. The number of hydrogen-bond acceptors (Lipinski definition) is 3. The van der Waals surface area contributed by atoms with Crippen LogP contribution in [0.2, 0.25) is 0 Å². The number of nitrogens with zero attached hydrogens (tertiary/aromatic N) is 2. The van der Waals surface area contributed by atoms with Gasteiger partial charge in [-0.25, -0.2) is 13.6 Å². The second-order valence-electron chi connectivity index (χ2n) is 5.35. The number of aryl methyl sites for hydroxylation is 2. The number of para-hydroxylation sites is 1. The first kappa shape index (κ1) is 14.7. The van der Waals surface area contributed by atoms with Gasteiger partial charge in [-0.2, -0.15) is 0 Å². The van der Waals surface area contributed by atoms with Crippen LogP contribution in [-0.2, 0) is 23.5 Å². The van der Waals surface area contributed by atoms with E-state index in [1.807, 2.05) is 25.2 Å². The van der Waals surface area contributed by atoms with Gasteiger partial charge in [0.1, 0.15) is 0 Å². The average molecular weight is 315 g/mol. The Bertz CT molecular complexity index is 929. The van der Waals surface area contributed by atoms with Crippen LogP contribution in [-0.4, -0.2) is 23.7 Å². The van der Waals surface area contributed by atoms with Crippen molar-refractivity contribution in [3.05, 3.63) is 54.4 Å². The van der Waals surface area contributed by atoms with Gasteiger partial charge in [0.2, 0.25) is 10.0 Å². The lowest BCUT2D eigenvalue weighted by molar-refractivity contribution is 0.597. The molecule has 0 aliphatic carbocycles. The summed E-state index contributed by atoms with van der Waals surface area (Å²) in [6.45, 7) is 0. The first-order valence-electron chi connectivity index (χ1n) is 6.93. The highest BCUT2D eigenvalue weighted by molar-refractivity contribution is 7.89. The van der Waals surface area contributed by atoms with Gasteiger partial charge >= 0.3 is 0 Å². The lowest BCUT2D eigenvalue weighted by atomic mass is 10.1. The van der Waals surface area contributed by atoms with Gasteiger partial charge in [0, 0.05) is 35.9 Å². The maximum Gasteiger partial charge on any atom is 0.209 e. The van der Waals surface area contributed by atoms with Crippen LogP contribution < -0.4 is 5.14 Å². The summed E-state index contributed by atoms with van der Waals surface area (Å²) >= 11 is 0. The smallest absolute Gasteiger partial charge is 0.209 e. The molecule has 0 saturated heterocycles. The number of aromatic nitrogens is 2. The molecule has 3 aromatic rings. The molecule has 0 saturated carbocycles. The number of fused-ring (bicyclic) bond motifs is 1. The molecule has 0 atom stereocenters. The van der Waals surface area contributed by atoms with Gasteiger partial charge < -0.3 is 4.57 Å². The highest BCUT2D eigenvalue weighted by atomic mass is 32.2. The van der Waals surface area contributed by atoms with Crippen LogP contribution in [0.5, 0.6) is 0 Å². The summed E-state index contributed by atoms with van der Waals surface area (Å²) in [5.41, 5.74) is 4.01. The van der Waals surface area contributed by atoms with E-state index in [0.29, 0.717) is 6.42 Å². The van der Waals surface area contributed by atoms with Crippen molar-refractivity contribution in [2.45, 2.75) is 6.42 Å². The maximum atomic E-state index is 11.1. The Morgan fingerprint density at radius 3 is 2.68 bits per heavy atom. The zero-order chi connectivity index (χ0) is 15.7. The SMILES string of the molecule is Cn1c(-c2cncc(CCS(N)(=O)=O)c2)cc2ccccc21. The maximum absolute atomic E-state index is 11.1. The van der Waals surface area contributed by atoms with Crippen LogP contribution in [0.15, 0.2) is 48.8 Å². The molecule has 3 rings (SSSR count). The fraction of sp³-hybridized carbons (Fsp3) is 0.188. The summed E-state index contributed by atoms with van der Waals surface area (Å²) in [5, 5.41) is 6.22. The molecule has 22 heavy (non-hydrogen) atoms. The minimum Gasteiger partial charge on any atom is -0.344 e. The number of pyridine rings is 1. The second kappa shape index (κ2) is 5.55. The minimum absolute atomic E-state index is 0.0761. The largest absolute Gasteiger partial charge is 0.344 e. The van der Waals surface area contributed by atoms with Gasteiger partial charge in [0.05, 0.1) is 11.4 Å². The standard InChI is InChI=1S/C16H17N3O2S/c1-19-15-5-3-2-4-13(15)9-16(19)14-8-12(10-18-11-14)6-7-22(17,20)21/h2-5,8-11H,6-7H2,1H3,(H2,17,20,21). The Hall–Kier alpha value is -2.18. The van der Waals surface area contributed by atoms with Crippen molar-refractivity contribution >= 4 is 20.9 Å². The van der Waals surface area contributed by atoms with E-state index < -0.39 is 10.0 Å². The van der Waals surface area contributed by atoms with Gasteiger partial charge in [-0.1, -0.05) is 18.2 Å². The van der Waals surface area contributed by atoms with E-state index in [4.69, 9.17) is 5.14 Å². The van der Waals surface area contributed by atoms with Crippen molar-refractivity contribution in [1.82, 2.24) is 9.55 Å². The van der Waals surface area contributed by atoms with Crippen molar-refractivity contribution in [3.8, 4) is 11.3 Å². The van der Waals surface area contributed by atoms with Crippen molar-refractivity contribution in [3.63, 3.8) is 0 Å². The number of hydrogen-bond donors (Lipinski definition) is 1. The molecular weight excluding hydrogens is 298 g/mol. The molecule has 2 N–H and O–H groups in total. The number of benzene rings is 1. The molecule has 5 nitrogen and oxygen atoms in total. The molecule has 6 heteroatoms. The Balaban J connectivity index is 1.99. The second-order valence-corrected chi connectivity index (χ2v) is 7.08. The van der Waals surface area contributed by atoms with E-state index >= 15 is 0 Å². The van der Waals surface area contributed by atoms with Gasteiger partial charge in [-0.05, 0) is 30.2 Å². The van der Waals surface area contributed by atoms with Crippen LogP contribution >= 0.6 is 0 Å². The molecule has 0 aliphatic heterocycles. The zero-order valence-electron chi connectivity index (χ0n) is 12.2. The quantitative estimate of drug-likeness (QED) is 0.800. The first-order chi connectivity index (χ1) is 10.4. The molecule has 0 fully saturated rings. The third-order valence-electron chi connectivity index (χ3n) is 3.72. The molecule has 0 radical (unpaired) electrons. The van der Waals surface area contributed by atoms with Crippen molar-refractivity contribution in [2.75, 3.05) is 5.75 Å². The van der Waals surface area contributed by atoms with Crippen LogP contribution in [0.4, 0.5) is 0 Å². The normalized spacial score (nSPS) is 11.9. The Labute approximate surface area is 129 Å². The summed E-state index contributed by atoms with van der Waals surface area (Å²) in [5.74, 6) is -0.0761. The predicted octanol–water partition coefficient (Wildman–Crippen LogP) is 2.07. The predicted molar refractivity (Wildman–Crippen MR) is 87.8 cm³/mol. The first-order valence-corrected chi connectivity index (χ1v) is 8.65. The number of sulfonamides is 1. The third-order valence-corrected chi connectivity index (χ3v) is 4.49. The summed E-state index contributed by atoms with van der Waals surface area (Å²) < 4.78 is 24.3. The summed E-state index contributed by atoms with van der Waals surface area (Å²) in [6, 6.07) is 12.2. The fourth-order valence-electron chi connectivity index (χ4n) is 2.59. The van der Waals surface area contributed by atoms with Crippen LogP contribution in [0.1, 0.15) is 5.56 Å². The van der Waals surface area contributed by atoms with Crippen LogP contribution in [0.3, 0.4) is 0 Å². The van der Waals surface area contributed by atoms with Crippen LogP contribution in [0, 0.1) is 0 Å². The van der Waals surface area contributed by atoms with E-state index in [2.05, 4.69) is 27.8 Å². The Kier molecular flexibility index (Phi) is 3.72. The summed E-state index contributed by atoms with van der Waals surface area (Å²) in [6.07, 6.45) is 3.83. The lowest BCUT2D eigenvalue weighted by Crippen LogP contribution is -2.18. The van der Waals surface area contributed by atoms with E-state index in [9.17, 15) is 8.42 Å².